The lowest BCUT2D eigenvalue weighted by molar-refractivity contribution is -0.00270. The van der Waals surface area contributed by atoms with Gasteiger partial charge in [0.25, 0.3) is 0 Å². The molecule has 1 saturated carbocycles. The van der Waals surface area contributed by atoms with Gasteiger partial charge < -0.3 is 14.5 Å². The number of hydrogen-bond acceptors (Lipinski definition) is 7. The molecule has 0 bridgehead atoms. The molecule has 1 aliphatic carbocycles. The van der Waals surface area contributed by atoms with Gasteiger partial charge in [-0.1, -0.05) is 36.8 Å². The molecule has 3 fully saturated rings. The van der Waals surface area contributed by atoms with Crippen molar-refractivity contribution in [3.05, 3.63) is 84.7 Å². The highest BCUT2D eigenvalue weighted by Crippen LogP contribution is 2.51. The topological polar surface area (TPSA) is 86.5 Å². The molecular formula is C35H42N4O3S. The van der Waals surface area contributed by atoms with E-state index in [0.29, 0.717) is 23.3 Å². The molecule has 3 heterocycles. The predicted octanol–water partition coefficient (Wildman–Crippen LogP) is 5.73. The Morgan fingerprint density at radius 2 is 1.60 bits per heavy atom. The van der Waals surface area contributed by atoms with Crippen molar-refractivity contribution in [1.29, 1.82) is 5.26 Å². The number of ether oxygens (including phenoxy) is 1. The first-order chi connectivity index (χ1) is 21.0. The van der Waals surface area contributed by atoms with Gasteiger partial charge in [0, 0.05) is 56.2 Å². The number of rotatable bonds is 10. The van der Waals surface area contributed by atoms with Crippen LogP contribution in [0, 0.1) is 29.1 Å². The average molecular weight is 599 g/mol. The molecule has 2 aromatic carbocycles. The number of sulfone groups is 1. The summed E-state index contributed by atoms with van der Waals surface area (Å²) in [6.07, 6.45) is 8.46. The first-order valence-electron chi connectivity index (χ1n) is 15.8. The van der Waals surface area contributed by atoms with Crippen molar-refractivity contribution in [3.8, 4) is 6.07 Å². The smallest absolute Gasteiger partial charge is 0.206 e. The minimum atomic E-state index is -3.54. The molecule has 1 aromatic heterocycles. The van der Waals surface area contributed by atoms with Gasteiger partial charge in [-0.2, -0.15) is 5.26 Å². The van der Waals surface area contributed by atoms with Gasteiger partial charge in [-0.05, 0) is 93.6 Å². The standard InChI is InChI=1S/C35H42N4O3S/c1-2-42-34-10-6-9-33(34)35(26-36,28-7-4-3-5-8-28)29-17-21-38(22-18-29)23-27-24-39(25-27)30-11-13-31(14-12-30)43(40,41)32-15-19-37-20-16-32/h3-5,7-8,11-16,19-20,27,29,33-34H,2,6,9-10,17-18,21-25H2,1H3/t33-,34-,35?/m1/s1. The molecule has 8 heteroatoms. The fourth-order valence-corrected chi connectivity index (χ4v) is 9.13. The number of pyridine rings is 1. The van der Waals surface area contributed by atoms with Crippen LogP contribution in [0.25, 0.3) is 0 Å². The minimum Gasteiger partial charge on any atom is -0.378 e. The predicted molar refractivity (Wildman–Crippen MR) is 167 cm³/mol. The number of likely N-dealkylation sites (tertiary alicyclic amines) is 1. The van der Waals surface area contributed by atoms with Gasteiger partial charge in [0.05, 0.1) is 27.4 Å². The third-order valence-corrected chi connectivity index (χ3v) is 11.8. The van der Waals surface area contributed by atoms with E-state index in [-0.39, 0.29) is 16.9 Å². The number of piperidine rings is 1. The van der Waals surface area contributed by atoms with E-state index in [1.54, 1.807) is 12.1 Å². The van der Waals surface area contributed by atoms with Crippen molar-refractivity contribution >= 4 is 15.5 Å². The highest BCUT2D eigenvalue weighted by atomic mass is 32.2. The summed E-state index contributed by atoms with van der Waals surface area (Å²) in [5, 5.41) is 10.9. The summed E-state index contributed by atoms with van der Waals surface area (Å²) in [4.78, 5) is 9.40. The molecule has 3 atom stereocenters. The van der Waals surface area contributed by atoms with Gasteiger partial charge in [0.2, 0.25) is 9.84 Å². The Kier molecular flexibility index (Phi) is 8.85. The van der Waals surface area contributed by atoms with Crippen LogP contribution >= 0.6 is 0 Å². The Hall–Kier alpha value is -3.25. The summed E-state index contributed by atoms with van der Waals surface area (Å²) in [6.45, 7) is 7.81. The van der Waals surface area contributed by atoms with Gasteiger partial charge >= 0.3 is 0 Å². The number of nitriles is 1. The van der Waals surface area contributed by atoms with Crippen LogP contribution in [0.15, 0.2) is 88.9 Å². The molecule has 0 amide bonds. The van der Waals surface area contributed by atoms with E-state index in [1.807, 2.05) is 18.2 Å². The van der Waals surface area contributed by atoms with Crippen LogP contribution in [0.5, 0.6) is 0 Å². The second-order valence-electron chi connectivity index (χ2n) is 12.4. The average Bonchev–Trinajstić information content (AvgIpc) is 3.50. The zero-order valence-electron chi connectivity index (χ0n) is 25.0. The van der Waals surface area contributed by atoms with E-state index in [1.165, 1.54) is 30.1 Å². The van der Waals surface area contributed by atoms with E-state index >= 15 is 0 Å². The van der Waals surface area contributed by atoms with E-state index < -0.39 is 15.3 Å². The molecule has 1 unspecified atom stereocenters. The molecule has 2 saturated heterocycles. The van der Waals surface area contributed by atoms with Crippen LogP contribution in [0.4, 0.5) is 5.69 Å². The van der Waals surface area contributed by atoms with E-state index in [2.05, 4.69) is 52.0 Å². The fourth-order valence-electron chi connectivity index (χ4n) is 7.89. The third-order valence-electron chi connectivity index (χ3n) is 10.0. The van der Waals surface area contributed by atoms with Gasteiger partial charge in [-0.15, -0.1) is 0 Å². The maximum absolute atomic E-state index is 12.9. The maximum Gasteiger partial charge on any atom is 0.206 e. The Bertz CT molecular complexity index is 1500. The molecule has 0 radical (unpaired) electrons. The lowest BCUT2D eigenvalue weighted by Gasteiger charge is -2.48. The maximum atomic E-state index is 12.9. The van der Waals surface area contributed by atoms with Crippen LogP contribution < -0.4 is 4.90 Å². The highest BCUT2D eigenvalue weighted by Gasteiger charge is 2.52. The number of hydrogen-bond donors (Lipinski definition) is 0. The lowest BCUT2D eigenvalue weighted by atomic mass is 9.59. The van der Waals surface area contributed by atoms with E-state index in [9.17, 15) is 13.7 Å². The van der Waals surface area contributed by atoms with Gasteiger partial charge in [0.15, 0.2) is 0 Å². The normalized spacial score (nSPS) is 23.4. The minimum absolute atomic E-state index is 0.161. The van der Waals surface area contributed by atoms with Crippen molar-refractivity contribution < 1.29 is 13.2 Å². The molecule has 6 rings (SSSR count). The largest absolute Gasteiger partial charge is 0.378 e. The van der Waals surface area contributed by atoms with Crippen molar-refractivity contribution in [2.75, 3.05) is 44.2 Å². The Labute approximate surface area is 256 Å². The third kappa shape index (κ3) is 5.83. The van der Waals surface area contributed by atoms with Crippen LogP contribution in [0.1, 0.15) is 44.6 Å². The Morgan fingerprint density at radius 1 is 0.930 bits per heavy atom. The molecule has 226 valence electrons. The second-order valence-corrected chi connectivity index (χ2v) is 14.4. The van der Waals surface area contributed by atoms with Gasteiger partial charge in [-0.25, -0.2) is 8.42 Å². The molecule has 3 aromatic rings. The summed E-state index contributed by atoms with van der Waals surface area (Å²) in [7, 11) is -3.54. The fraction of sp³-hybridized carbons (Fsp3) is 0.486. The number of aromatic nitrogens is 1. The molecule has 0 spiro atoms. The first kappa shape index (κ1) is 29.8. The van der Waals surface area contributed by atoms with Crippen molar-refractivity contribution in [2.24, 2.45) is 17.8 Å². The number of benzene rings is 2. The summed E-state index contributed by atoms with van der Waals surface area (Å²) in [5.41, 5.74) is 1.72. The van der Waals surface area contributed by atoms with Crippen LogP contribution in [-0.4, -0.2) is 63.7 Å². The quantitative estimate of drug-likeness (QED) is 0.295. The Balaban J connectivity index is 1.06. The second kappa shape index (κ2) is 12.8. The molecule has 43 heavy (non-hydrogen) atoms. The Morgan fingerprint density at radius 3 is 2.26 bits per heavy atom. The van der Waals surface area contributed by atoms with Crippen LogP contribution in [0.3, 0.4) is 0 Å². The van der Waals surface area contributed by atoms with Crippen molar-refractivity contribution in [2.45, 2.75) is 60.3 Å². The molecule has 3 aliphatic rings. The monoisotopic (exact) mass is 598 g/mol. The van der Waals surface area contributed by atoms with E-state index in [4.69, 9.17) is 4.74 Å². The highest BCUT2D eigenvalue weighted by molar-refractivity contribution is 7.91. The summed E-state index contributed by atoms with van der Waals surface area (Å²) >= 11 is 0. The molecule has 0 N–H and O–H groups in total. The zero-order valence-corrected chi connectivity index (χ0v) is 25.8. The molecular weight excluding hydrogens is 556 g/mol. The summed E-state index contributed by atoms with van der Waals surface area (Å²) in [5.74, 6) is 1.15. The number of anilines is 1. The number of nitrogens with zero attached hydrogens (tertiary/aromatic N) is 4. The SMILES string of the molecule is CCO[C@@H]1CCC[C@H]1C(C#N)(c1ccccc1)C1CCN(CC2CN(c3ccc(S(=O)(=O)c4ccncc4)cc3)C2)CC1. The van der Waals surface area contributed by atoms with Crippen LogP contribution in [-0.2, 0) is 20.0 Å². The van der Waals surface area contributed by atoms with Crippen molar-refractivity contribution in [3.63, 3.8) is 0 Å². The van der Waals surface area contributed by atoms with Gasteiger partial charge in [0.1, 0.15) is 0 Å². The molecule has 2 aliphatic heterocycles. The van der Waals surface area contributed by atoms with Crippen molar-refractivity contribution in [1.82, 2.24) is 9.88 Å². The zero-order chi connectivity index (χ0) is 29.9. The summed E-state index contributed by atoms with van der Waals surface area (Å²) < 4.78 is 32.0. The van der Waals surface area contributed by atoms with Crippen LogP contribution in [0.2, 0.25) is 0 Å². The lowest BCUT2D eigenvalue weighted by Crippen LogP contribution is -2.54. The van der Waals surface area contributed by atoms with Gasteiger partial charge in [-0.3, -0.25) is 4.98 Å². The summed E-state index contributed by atoms with van der Waals surface area (Å²) in [6, 6.07) is 23.8. The molecule has 7 nitrogen and oxygen atoms in total. The van der Waals surface area contributed by atoms with E-state index in [0.717, 1.165) is 70.5 Å². The first-order valence-corrected chi connectivity index (χ1v) is 17.2.